The van der Waals surface area contributed by atoms with Crippen LogP contribution in [0.1, 0.15) is 50.2 Å². The van der Waals surface area contributed by atoms with Crippen molar-refractivity contribution in [3.63, 3.8) is 0 Å². The highest BCUT2D eigenvalue weighted by atomic mass is 16.5. The predicted molar refractivity (Wildman–Crippen MR) is 116 cm³/mol. The van der Waals surface area contributed by atoms with Gasteiger partial charge < -0.3 is 9.84 Å². The van der Waals surface area contributed by atoms with E-state index in [0.29, 0.717) is 0 Å². The van der Waals surface area contributed by atoms with Crippen LogP contribution in [0.25, 0.3) is 0 Å². The first-order chi connectivity index (χ1) is 13.8. The number of hydrogen-bond acceptors (Lipinski definition) is 3. The van der Waals surface area contributed by atoms with Crippen molar-refractivity contribution >= 4 is 11.9 Å². The fraction of sp³-hybridized carbons (Fsp3) is 0.320. The molecule has 0 bridgehead atoms. The van der Waals surface area contributed by atoms with Gasteiger partial charge in [-0.1, -0.05) is 56.6 Å². The minimum Gasteiger partial charge on any atom is -0.494 e. The summed E-state index contributed by atoms with van der Waals surface area (Å²) in [4.78, 5) is 4.50. The fourth-order valence-electron chi connectivity index (χ4n) is 2.51. The summed E-state index contributed by atoms with van der Waals surface area (Å²) in [6.45, 7) is 2.83. The average Bonchev–Trinajstić information content (AvgIpc) is 2.74. The quantitative estimate of drug-likeness (QED) is 0.376. The van der Waals surface area contributed by atoms with Crippen LogP contribution in [0, 0.1) is 23.7 Å². The van der Waals surface area contributed by atoms with Gasteiger partial charge in [0.1, 0.15) is 12.4 Å². The Labute approximate surface area is 168 Å². The number of aliphatic imine (C=N–C) groups is 1. The number of hydrogen-bond donors (Lipinski definition) is 1. The van der Waals surface area contributed by atoms with Crippen molar-refractivity contribution in [1.29, 1.82) is 0 Å². The van der Waals surface area contributed by atoms with Gasteiger partial charge in [-0.2, -0.15) is 0 Å². The Morgan fingerprint density at radius 2 is 1.68 bits per heavy atom. The van der Waals surface area contributed by atoms with Gasteiger partial charge in [0.15, 0.2) is 0 Å². The van der Waals surface area contributed by atoms with Crippen LogP contribution in [0.2, 0.25) is 0 Å². The number of aliphatic hydroxyl groups excluding tert-OH is 1. The maximum Gasteiger partial charge on any atom is 0.119 e. The third-order valence-electron chi connectivity index (χ3n) is 4.06. The van der Waals surface area contributed by atoms with Crippen molar-refractivity contribution in [1.82, 2.24) is 0 Å². The van der Waals surface area contributed by atoms with Gasteiger partial charge in [-0.25, -0.2) is 0 Å². The number of nitrogens with zero attached hydrogens (tertiary/aromatic N) is 1. The molecule has 1 N–H and O–H groups in total. The molecule has 0 radical (unpaired) electrons. The lowest BCUT2D eigenvalue weighted by Crippen LogP contribution is -1.96. The number of unbranched alkanes of at least 4 members (excludes halogenated alkanes) is 4. The maximum absolute atomic E-state index is 8.58. The van der Waals surface area contributed by atoms with Gasteiger partial charge in [0, 0.05) is 11.8 Å². The highest BCUT2D eigenvalue weighted by Crippen LogP contribution is 2.18. The van der Waals surface area contributed by atoms with E-state index in [1.165, 1.54) is 25.7 Å². The second kappa shape index (κ2) is 13.2. The van der Waals surface area contributed by atoms with Crippen molar-refractivity contribution in [3.8, 4) is 29.4 Å². The summed E-state index contributed by atoms with van der Waals surface area (Å²) in [5.41, 5.74) is 2.76. The van der Waals surface area contributed by atoms with Gasteiger partial charge in [-0.05, 0) is 60.2 Å². The molecule has 0 saturated heterocycles. The normalized spacial score (nSPS) is 10.1. The molecule has 0 amide bonds. The Balaban J connectivity index is 1.81. The van der Waals surface area contributed by atoms with E-state index in [1.807, 2.05) is 54.7 Å². The molecule has 0 aliphatic rings. The number of rotatable bonds is 9. The van der Waals surface area contributed by atoms with Crippen molar-refractivity contribution in [2.75, 3.05) is 13.2 Å². The summed E-state index contributed by atoms with van der Waals surface area (Å²) >= 11 is 0. The van der Waals surface area contributed by atoms with E-state index < -0.39 is 0 Å². The molecule has 0 aromatic heterocycles. The van der Waals surface area contributed by atoms with Gasteiger partial charge in [0.05, 0.1) is 12.3 Å². The summed E-state index contributed by atoms with van der Waals surface area (Å²) in [5, 5.41) is 8.58. The van der Waals surface area contributed by atoms with E-state index in [4.69, 9.17) is 9.84 Å². The number of aliphatic hydroxyl groups is 1. The first kappa shape index (κ1) is 21.3. The average molecular weight is 373 g/mol. The lowest BCUT2D eigenvalue weighted by molar-refractivity contribution is 0.304. The van der Waals surface area contributed by atoms with Crippen LogP contribution in [-0.2, 0) is 0 Å². The molecule has 0 unspecified atom stereocenters. The van der Waals surface area contributed by atoms with Crippen molar-refractivity contribution in [3.05, 3.63) is 59.7 Å². The largest absolute Gasteiger partial charge is 0.494 e. The smallest absolute Gasteiger partial charge is 0.119 e. The van der Waals surface area contributed by atoms with Crippen LogP contribution in [0.15, 0.2) is 53.5 Å². The molecule has 3 nitrogen and oxygen atoms in total. The van der Waals surface area contributed by atoms with Gasteiger partial charge in [-0.3, -0.25) is 4.99 Å². The Morgan fingerprint density at radius 1 is 0.929 bits per heavy atom. The molecule has 0 aliphatic heterocycles. The number of ether oxygens (including phenoxy) is 1. The topological polar surface area (TPSA) is 41.8 Å². The zero-order valence-electron chi connectivity index (χ0n) is 16.4. The second-order valence-corrected chi connectivity index (χ2v) is 6.35. The summed E-state index contributed by atoms with van der Waals surface area (Å²) in [6, 6.07) is 15.6. The van der Waals surface area contributed by atoms with Crippen LogP contribution in [0.3, 0.4) is 0 Å². The van der Waals surface area contributed by atoms with Crippen LogP contribution in [0.5, 0.6) is 5.75 Å². The Bertz CT molecular complexity index is 844. The van der Waals surface area contributed by atoms with Crippen LogP contribution in [-0.4, -0.2) is 24.5 Å². The summed E-state index contributed by atoms with van der Waals surface area (Å²) in [7, 11) is 0. The Kier molecular flexibility index (Phi) is 10.0. The minimum absolute atomic E-state index is 0.170. The molecular weight excluding hydrogens is 346 g/mol. The standard InChI is InChI=1S/C25H27NO2/c1-2-3-4-5-9-20-28-25-17-15-24(16-18-25)26-21-23-13-11-22(12-14-23)10-7-6-8-19-27/h11-18,21,27H,2-5,9,19-20H2,1H3. The van der Waals surface area contributed by atoms with Crippen molar-refractivity contribution in [2.45, 2.75) is 39.0 Å². The summed E-state index contributed by atoms with van der Waals surface area (Å²) < 4.78 is 5.78. The minimum atomic E-state index is -0.170. The van der Waals surface area contributed by atoms with Crippen LogP contribution in [0.4, 0.5) is 5.69 Å². The monoisotopic (exact) mass is 373 g/mol. The third kappa shape index (κ3) is 8.58. The first-order valence-corrected chi connectivity index (χ1v) is 9.78. The fourth-order valence-corrected chi connectivity index (χ4v) is 2.51. The molecule has 2 aromatic carbocycles. The molecule has 0 saturated carbocycles. The Morgan fingerprint density at radius 3 is 2.39 bits per heavy atom. The van der Waals surface area contributed by atoms with E-state index in [1.54, 1.807) is 0 Å². The van der Waals surface area contributed by atoms with Gasteiger partial charge in [0.2, 0.25) is 0 Å². The molecule has 3 heteroatoms. The van der Waals surface area contributed by atoms with Crippen molar-refractivity contribution < 1.29 is 9.84 Å². The highest BCUT2D eigenvalue weighted by Gasteiger charge is 1.96. The lowest BCUT2D eigenvalue weighted by atomic mass is 10.1. The van der Waals surface area contributed by atoms with E-state index in [-0.39, 0.29) is 6.61 Å². The molecule has 144 valence electrons. The van der Waals surface area contributed by atoms with E-state index >= 15 is 0 Å². The van der Waals surface area contributed by atoms with Gasteiger partial charge in [0.25, 0.3) is 0 Å². The maximum atomic E-state index is 8.58. The van der Waals surface area contributed by atoms with Crippen molar-refractivity contribution in [2.24, 2.45) is 4.99 Å². The summed E-state index contributed by atoms with van der Waals surface area (Å²) in [6.07, 6.45) is 8.03. The van der Waals surface area contributed by atoms with Gasteiger partial charge in [-0.15, -0.1) is 0 Å². The molecule has 0 fully saturated rings. The molecule has 0 heterocycles. The molecule has 0 aliphatic carbocycles. The third-order valence-corrected chi connectivity index (χ3v) is 4.06. The summed E-state index contributed by atoms with van der Waals surface area (Å²) in [5.74, 6) is 11.6. The van der Waals surface area contributed by atoms with E-state index in [0.717, 1.165) is 35.6 Å². The molecule has 2 rings (SSSR count). The van der Waals surface area contributed by atoms with Crippen LogP contribution < -0.4 is 4.74 Å². The zero-order valence-corrected chi connectivity index (χ0v) is 16.4. The number of benzene rings is 2. The molecule has 2 aromatic rings. The lowest BCUT2D eigenvalue weighted by Gasteiger charge is -2.06. The van der Waals surface area contributed by atoms with Gasteiger partial charge >= 0.3 is 0 Å². The van der Waals surface area contributed by atoms with E-state index in [2.05, 4.69) is 35.6 Å². The molecule has 28 heavy (non-hydrogen) atoms. The molecular formula is C25H27NO2. The predicted octanol–water partition coefficient (Wildman–Crippen LogP) is 5.13. The molecule has 0 spiro atoms. The SMILES string of the molecule is CCCCCCCOc1ccc(N=Cc2ccc(C#CC#CCO)cc2)cc1. The Hall–Kier alpha value is -3.01. The van der Waals surface area contributed by atoms with E-state index in [9.17, 15) is 0 Å². The molecule has 0 atom stereocenters. The first-order valence-electron chi connectivity index (χ1n) is 9.78. The highest BCUT2D eigenvalue weighted by molar-refractivity contribution is 5.82. The second-order valence-electron chi connectivity index (χ2n) is 6.35. The van der Waals surface area contributed by atoms with Crippen LogP contribution >= 0.6 is 0 Å². The zero-order chi connectivity index (χ0) is 19.9.